The van der Waals surface area contributed by atoms with Gasteiger partial charge in [-0.25, -0.2) is 9.97 Å². The van der Waals surface area contributed by atoms with E-state index in [0.29, 0.717) is 16.3 Å². The summed E-state index contributed by atoms with van der Waals surface area (Å²) >= 11 is 5.80. The van der Waals surface area contributed by atoms with Crippen LogP contribution in [0.15, 0.2) is 61.1 Å². The van der Waals surface area contributed by atoms with Gasteiger partial charge in [-0.1, -0.05) is 11.6 Å². The van der Waals surface area contributed by atoms with E-state index in [9.17, 15) is 4.79 Å². The van der Waals surface area contributed by atoms with E-state index in [4.69, 9.17) is 11.6 Å². The molecule has 1 amide bonds. The zero-order valence-corrected chi connectivity index (χ0v) is 12.2. The lowest BCUT2D eigenvalue weighted by atomic mass is 10.2. The van der Waals surface area contributed by atoms with E-state index >= 15 is 0 Å². The summed E-state index contributed by atoms with van der Waals surface area (Å²) < 4.78 is 0. The molecule has 3 aromatic rings. The van der Waals surface area contributed by atoms with E-state index in [2.05, 4.69) is 20.3 Å². The Balaban J connectivity index is 1.81. The molecule has 6 heteroatoms. The Morgan fingerprint density at radius 1 is 1.05 bits per heavy atom. The Kier molecular flexibility index (Phi) is 4.07. The van der Waals surface area contributed by atoms with Crippen LogP contribution in [-0.2, 0) is 0 Å². The number of nitrogens with one attached hydrogen (secondary N) is 1. The second-order valence-corrected chi connectivity index (χ2v) is 4.90. The number of anilines is 1. The smallest absolute Gasteiger partial charge is 0.258 e. The molecule has 2 heterocycles. The van der Waals surface area contributed by atoms with Crippen molar-refractivity contribution >= 4 is 23.5 Å². The van der Waals surface area contributed by atoms with Crippen molar-refractivity contribution in [1.29, 1.82) is 0 Å². The molecule has 0 aliphatic heterocycles. The Morgan fingerprint density at radius 3 is 2.59 bits per heavy atom. The van der Waals surface area contributed by atoms with Gasteiger partial charge >= 0.3 is 0 Å². The molecule has 2 aromatic heterocycles. The number of pyridine rings is 1. The summed E-state index contributed by atoms with van der Waals surface area (Å²) in [5.41, 5.74) is 2.03. The van der Waals surface area contributed by atoms with Crippen LogP contribution in [-0.4, -0.2) is 20.9 Å². The minimum atomic E-state index is -0.292. The van der Waals surface area contributed by atoms with Crippen LogP contribution in [0.2, 0.25) is 5.02 Å². The zero-order valence-electron chi connectivity index (χ0n) is 11.4. The maximum atomic E-state index is 12.1. The first-order valence-electron chi connectivity index (χ1n) is 6.53. The third-order valence-electron chi connectivity index (χ3n) is 2.94. The first kappa shape index (κ1) is 14.2. The van der Waals surface area contributed by atoms with Crippen LogP contribution in [0.25, 0.3) is 11.3 Å². The topological polar surface area (TPSA) is 67.8 Å². The number of rotatable bonds is 3. The van der Waals surface area contributed by atoms with Gasteiger partial charge in [-0.2, -0.15) is 0 Å². The molecule has 1 aromatic carbocycles. The molecule has 0 saturated heterocycles. The minimum absolute atomic E-state index is 0.237. The highest BCUT2D eigenvalue weighted by Gasteiger charge is 2.08. The van der Waals surface area contributed by atoms with Gasteiger partial charge in [0.1, 0.15) is 0 Å². The zero-order chi connectivity index (χ0) is 15.4. The van der Waals surface area contributed by atoms with Crippen molar-refractivity contribution in [2.45, 2.75) is 0 Å². The van der Waals surface area contributed by atoms with Crippen molar-refractivity contribution in [3.05, 3.63) is 71.6 Å². The number of aromatic nitrogens is 3. The fraction of sp³-hybridized carbons (Fsp3) is 0. The molecule has 0 saturated carbocycles. The molecule has 0 radical (unpaired) electrons. The summed E-state index contributed by atoms with van der Waals surface area (Å²) in [6.07, 6.45) is 4.98. The predicted octanol–water partition coefficient (Wildman–Crippen LogP) is 3.44. The molecule has 5 nitrogen and oxygen atoms in total. The molecule has 0 spiro atoms. The molecule has 0 atom stereocenters. The summed E-state index contributed by atoms with van der Waals surface area (Å²) in [7, 11) is 0. The minimum Gasteiger partial charge on any atom is -0.290 e. The lowest BCUT2D eigenvalue weighted by Gasteiger charge is -2.05. The molecule has 0 aliphatic carbocycles. The van der Waals surface area contributed by atoms with Gasteiger partial charge in [0.25, 0.3) is 5.91 Å². The lowest BCUT2D eigenvalue weighted by Crippen LogP contribution is -2.14. The number of halogens is 1. The van der Waals surface area contributed by atoms with Crippen LogP contribution < -0.4 is 5.32 Å². The van der Waals surface area contributed by atoms with Gasteiger partial charge in [-0.05, 0) is 42.5 Å². The number of nitrogens with zero attached hydrogens (tertiary/aromatic N) is 3. The Bertz CT molecular complexity index is 791. The number of benzene rings is 1. The second-order valence-electron chi connectivity index (χ2n) is 4.47. The number of hydrogen-bond acceptors (Lipinski definition) is 4. The number of amides is 1. The molecular weight excluding hydrogens is 300 g/mol. The Morgan fingerprint density at radius 2 is 1.86 bits per heavy atom. The van der Waals surface area contributed by atoms with Crippen LogP contribution in [0, 0.1) is 0 Å². The number of carbonyl (C=O) groups is 1. The highest BCUT2D eigenvalue weighted by Crippen LogP contribution is 2.16. The van der Waals surface area contributed by atoms with Gasteiger partial charge in [0.15, 0.2) is 0 Å². The average Bonchev–Trinajstić information content (AvgIpc) is 2.56. The summed E-state index contributed by atoms with van der Waals surface area (Å²) in [5.74, 6) is -0.0543. The summed E-state index contributed by atoms with van der Waals surface area (Å²) in [6.45, 7) is 0. The van der Waals surface area contributed by atoms with Crippen LogP contribution in [0.4, 0.5) is 5.95 Å². The highest BCUT2D eigenvalue weighted by molar-refractivity contribution is 6.30. The monoisotopic (exact) mass is 310 g/mol. The average molecular weight is 311 g/mol. The largest absolute Gasteiger partial charge is 0.290 e. The Labute approximate surface area is 132 Å². The van der Waals surface area contributed by atoms with Crippen molar-refractivity contribution in [2.75, 3.05) is 5.32 Å². The molecule has 0 fully saturated rings. The fourth-order valence-corrected chi connectivity index (χ4v) is 1.99. The third-order valence-corrected chi connectivity index (χ3v) is 3.20. The summed E-state index contributed by atoms with van der Waals surface area (Å²) in [6, 6.07) is 12.1. The van der Waals surface area contributed by atoms with Gasteiger partial charge in [-0.3, -0.25) is 15.1 Å². The van der Waals surface area contributed by atoms with E-state index in [1.54, 1.807) is 48.9 Å². The number of hydrogen-bond donors (Lipinski definition) is 1. The van der Waals surface area contributed by atoms with Crippen LogP contribution in [0.5, 0.6) is 0 Å². The van der Waals surface area contributed by atoms with E-state index in [0.717, 1.165) is 5.56 Å². The van der Waals surface area contributed by atoms with Crippen molar-refractivity contribution in [2.24, 2.45) is 0 Å². The lowest BCUT2D eigenvalue weighted by molar-refractivity contribution is 0.102. The van der Waals surface area contributed by atoms with Gasteiger partial charge in [-0.15, -0.1) is 0 Å². The van der Waals surface area contributed by atoms with Gasteiger partial charge in [0, 0.05) is 34.7 Å². The molecule has 3 rings (SSSR count). The molecular formula is C16H11ClN4O. The Hall–Kier alpha value is -2.79. The van der Waals surface area contributed by atoms with Gasteiger partial charge < -0.3 is 0 Å². The van der Waals surface area contributed by atoms with Crippen LogP contribution >= 0.6 is 11.6 Å². The molecule has 1 N–H and O–H groups in total. The second kappa shape index (κ2) is 6.32. The third kappa shape index (κ3) is 3.27. The molecule has 0 unspecified atom stereocenters. The molecule has 108 valence electrons. The van der Waals surface area contributed by atoms with Crippen molar-refractivity contribution in [3.8, 4) is 11.3 Å². The van der Waals surface area contributed by atoms with Crippen molar-refractivity contribution in [3.63, 3.8) is 0 Å². The normalized spacial score (nSPS) is 10.2. The van der Waals surface area contributed by atoms with Crippen LogP contribution in [0.1, 0.15) is 10.4 Å². The molecule has 0 bridgehead atoms. The molecule has 0 aliphatic rings. The SMILES string of the molecule is O=C(Nc1nccc(-c2cccnc2)n1)c1ccc(Cl)cc1. The van der Waals surface area contributed by atoms with Gasteiger partial charge in [0.2, 0.25) is 5.95 Å². The first-order chi connectivity index (χ1) is 10.7. The van der Waals surface area contributed by atoms with Gasteiger partial charge in [0.05, 0.1) is 5.69 Å². The van der Waals surface area contributed by atoms with E-state index < -0.39 is 0 Å². The maximum Gasteiger partial charge on any atom is 0.258 e. The highest BCUT2D eigenvalue weighted by atomic mass is 35.5. The standard InChI is InChI=1S/C16H11ClN4O/c17-13-5-3-11(4-6-13)15(22)21-16-19-9-7-14(20-16)12-2-1-8-18-10-12/h1-10H,(H,19,20,21,22). The van der Waals surface area contributed by atoms with Crippen molar-refractivity contribution in [1.82, 2.24) is 15.0 Å². The summed E-state index contributed by atoms with van der Waals surface area (Å²) in [4.78, 5) is 24.5. The van der Waals surface area contributed by atoms with E-state index in [-0.39, 0.29) is 11.9 Å². The van der Waals surface area contributed by atoms with E-state index in [1.807, 2.05) is 12.1 Å². The number of carbonyl (C=O) groups excluding carboxylic acids is 1. The van der Waals surface area contributed by atoms with Crippen molar-refractivity contribution < 1.29 is 4.79 Å². The van der Waals surface area contributed by atoms with Crippen LogP contribution in [0.3, 0.4) is 0 Å². The quantitative estimate of drug-likeness (QED) is 0.804. The fourth-order valence-electron chi connectivity index (χ4n) is 1.87. The summed E-state index contributed by atoms with van der Waals surface area (Å²) in [5, 5.41) is 3.24. The van der Waals surface area contributed by atoms with E-state index in [1.165, 1.54) is 0 Å². The maximum absolute atomic E-state index is 12.1. The first-order valence-corrected chi connectivity index (χ1v) is 6.90. The molecule has 22 heavy (non-hydrogen) atoms. The predicted molar refractivity (Wildman–Crippen MR) is 84.7 cm³/mol.